The van der Waals surface area contributed by atoms with Gasteiger partial charge in [-0.3, -0.25) is 9.59 Å². The minimum absolute atomic E-state index is 0.0161. The van der Waals surface area contributed by atoms with E-state index >= 15 is 0 Å². The molecule has 0 atom stereocenters. The van der Waals surface area contributed by atoms with Crippen molar-refractivity contribution in [2.24, 2.45) is 5.41 Å². The maximum Gasteiger partial charge on any atom is 0.325 e. The summed E-state index contributed by atoms with van der Waals surface area (Å²) < 4.78 is 9.68. The van der Waals surface area contributed by atoms with Crippen LogP contribution in [0.1, 0.15) is 19.8 Å². The number of methoxy groups -OCH3 is 1. The topological polar surface area (TPSA) is 105 Å². The molecule has 1 aliphatic heterocycles. The number of nitrogens with one attached hydrogen (secondary N) is 1. The molecule has 120 valence electrons. The smallest absolute Gasteiger partial charge is 0.325 e. The van der Waals surface area contributed by atoms with Gasteiger partial charge in [-0.25, -0.2) is 4.79 Å². The zero-order valence-corrected chi connectivity index (χ0v) is 12.4. The van der Waals surface area contributed by atoms with Crippen LogP contribution in [0.2, 0.25) is 0 Å². The summed E-state index contributed by atoms with van der Waals surface area (Å²) in [5.74, 6) is -1.46. The molecule has 0 aliphatic carbocycles. The van der Waals surface area contributed by atoms with E-state index in [1.54, 1.807) is 6.92 Å². The van der Waals surface area contributed by atoms with Crippen LogP contribution in [0, 0.1) is 5.41 Å². The Morgan fingerprint density at radius 2 is 1.95 bits per heavy atom. The van der Waals surface area contributed by atoms with Crippen LogP contribution >= 0.6 is 0 Å². The number of carbonyl (C=O) groups is 3. The number of urea groups is 1. The molecule has 8 heteroatoms. The van der Waals surface area contributed by atoms with Gasteiger partial charge in [0, 0.05) is 26.3 Å². The third-order valence-electron chi connectivity index (χ3n) is 3.70. The fourth-order valence-electron chi connectivity index (χ4n) is 2.13. The maximum absolute atomic E-state index is 12.0. The van der Waals surface area contributed by atoms with Crippen molar-refractivity contribution in [3.63, 3.8) is 0 Å². The Morgan fingerprint density at radius 3 is 2.43 bits per heavy atom. The summed E-state index contributed by atoms with van der Waals surface area (Å²) >= 11 is 0. The Bertz CT molecular complexity index is 392. The predicted octanol–water partition coefficient (Wildman–Crippen LogP) is 0.0723. The molecule has 1 fully saturated rings. The molecule has 2 amide bonds. The first kappa shape index (κ1) is 17.2. The lowest BCUT2D eigenvalue weighted by molar-refractivity contribution is -0.154. The Balaban J connectivity index is 2.59. The highest BCUT2D eigenvalue weighted by Gasteiger charge is 2.40. The molecule has 0 aromatic rings. The zero-order chi connectivity index (χ0) is 15.9. The molecule has 0 spiro atoms. The van der Waals surface area contributed by atoms with Crippen LogP contribution in [-0.2, 0) is 19.1 Å². The van der Waals surface area contributed by atoms with Gasteiger partial charge < -0.3 is 24.8 Å². The van der Waals surface area contributed by atoms with E-state index in [1.165, 1.54) is 12.0 Å². The van der Waals surface area contributed by atoms with Crippen molar-refractivity contribution in [1.82, 2.24) is 10.2 Å². The van der Waals surface area contributed by atoms with Crippen molar-refractivity contribution in [3.05, 3.63) is 0 Å². The molecular weight excluding hydrogens is 280 g/mol. The van der Waals surface area contributed by atoms with Crippen LogP contribution in [0.15, 0.2) is 0 Å². The molecule has 1 saturated heterocycles. The summed E-state index contributed by atoms with van der Waals surface area (Å²) in [5, 5.41) is 12.0. The Hall–Kier alpha value is -1.83. The standard InChI is InChI=1S/C13H22N2O6/c1-3-15(8-10(16)20-2)12(19)14-9-13(11(17)18)4-6-21-7-5-13/h3-9H2,1-2H3,(H,14,19)(H,17,18). The Labute approximate surface area is 123 Å². The predicted molar refractivity (Wildman–Crippen MR) is 72.8 cm³/mol. The number of amides is 2. The number of rotatable bonds is 6. The van der Waals surface area contributed by atoms with E-state index in [2.05, 4.69) is 10.1 Å². The SMILES string of the molecule is CCN(CC(=O)OC)C(=O)NCC1(C(=O)O)CCOCC1. The molecule has 1 rings (SSSR count). The molecular formula is C13H22N2O6. The van der Waals surface area contributed by atoms with Gasteiger partial charge in [0.25, 0.3) is 0 Å². The van der Waals surface area contributed by atoms with Crippen LogP contribution in [0.3, 0.4) is 0 Å². The van der Waals surface area contributed by atoms with Gasteiger partial charge in [-0.15, -0.1) is 0 Å². The lowest BCUT2D eigenvalue weighted by Gasteiger charge is -2.33. The normalized spacial score (nSPS) is 16.9. The summed E-state index contributed by atoms with van der Waals surface area (Å²) in [4.78, 5) is 35.9. The van der Waals surface area contributed by atoms with Gasteiger partial charge in [0.15, 0.2) is 0 Å². The number of aliphatic carboxylic acids is 1. The molecule has 0 bridgehead atoms. The second kappa shape index (κ2) is 7.82. The number of carboxylic acid groups (broad SMARTS) is 1. The van der Waals surface area contributed by atoms with Crippen LogP contribution in [0.5, 0.6) is 0 Å². The van der Waals surface area contributed by atoms with E-state index in [1.807, 2.05) is 0 Å². The number of carboxylic acids is 1. The summed E-state index contributed by atoms with van der Waals surface area (Å²) in [6, 6.07) is -0.477. The Kier molecular flexibility index (Phi) is 6.41. The molecule has 21 heavy (non-hydrogen) atoms. The summed E-state index contributed by atoms with van der Waals surface area (Å²) in [5.41, 5.74) is -1.00. The number of esters is 1. The molecule has 1 heterocycles. The van der Waals surface area contributed by atoms with Crippen LogP contribution < -0.4 is 5.32 Å². The monoisotopic (exact) mass is 302 g/mol. The first-order valence-corrected chi connectivity index (χ1v) is 6.86. The highest BCUT2D eigenvalue weighted by Crippen LogP contribution is 2.30. The van der Waals surface area contributed by atoms with Gasteiger partial charge in [-0.1, -0.05) is 0 Å². The van der Waals surface area contributed by atoms with Crippen molar-refractivity contribution in [2.45, 2.75) is 19.8 Å². The third-order valence-corrected chi connectivity index (χ3v) is 3.70. The van der Waals surface area contributed by atoms with Gasteiger partial charge in [-0.05, 0) is 19.8 Å². The minimum Gasteiger partial charge on any atom is -0.481 e. The molecule has 0 unspecified atom stereocenters. The lowest BCUT2D eigenvalue weighted by Crippen LogP contribution is -2.50. The Morgan fingerprint density at radius 1 is 1.33 bits per heavy atom. The highest BCUT2D eigenvalue weighted by atomic mass is 16.5. The number of nitrogens with zero attached hydrogens (tertiary/aromatic N) is 1. The summed E-state index contributed by atoms with van der Waals surface area (Å²) in [6.45, 7) is 2.63. The van der Waals surface area contributed by atoms with Crippen LogP contribution in [-0.4, -0.2) is 67.9 Å². The van der Waals surface area contributed by atoms with Crippen molar-refractivity contribution in [3.8, 4) is 0 Å². The second-order valence-corrected chi connectivity index (χ2v) is 4.95. The summed E-state index contributed by atoms with van der Waals surface area (Å²) in [6.07, 6.45) is 0.706. The van der Waals surface area contributed by atoms with Gasteiger partial charge in [-0.2, -0.15) is 0 Å². The van der Waals surface area contributed by atoms with Gasteiger partial charge >= 0.3 is 18.0 Å². The fraction of sp³-hybridized carbons (Fsp3) is 0.769. The molecule has 0 saturated carbocycles. The first-order valence-electron chi connectivity index (χ1n) is 6.86. The molecule has 2 N–H and O–H groups in total. The van der Waals surface area contributed by atoms with Crippen molar-refractivity contribution in [1.29, 1.82) is 0 Å². The van der Waals surface area contributed by atoms with Crippen molar-refractivity contribution < 1.29 is 29.0 Å². The number of carbonyl (C=O) groups excluding carboxylic acids is 2. The van der Waals surface area contributed by atoms with Gasteiger partial charge in [0.1, 0.15) is 6.54 Å². The molecule has 0 aromatic heterocycles. The average Bonchev–Trinajstić information content (AvgIpc) is 2.50. The second-order valence-electron chi connectivity index (χ2n) is 4.95. The quantitative estimate of drug-likeness (QED) is 0.673. The largest absolute Gasteiger partial charge is 0.481 e. The molecule has 0 aromatic carbocycles. The van der Waals surface area contributed by atoms with E-state index < -0.39 is 23.4 Å². The van der Waals surface area contributed by atoms with Crippen molar-refractivity contribution >= 4 is 18.0 Å². The van der Waals surface area contributed by atoms with Crippen LogP contribution in [0.25, 0.3) is 0 Å². The van der Waals surface area contributed by atoms with Crippen molar-refractivity contribution in [2.75, 3.05) is 40.0 Å². The third kappa shape index (κ3) is 4.59. The number of hydrogen-bond donors (Lipinski definition) is 2. The van der Waals surface area contributed by atoms with E-state index in [9.17, 15) is 19.5 Å². The van der Waals surface area contributed by atoms with E-state index in [4.69, 9.17) is 4.74 Å². The molecule has 8 nitrogen and oxygen atoms in total. The fourth-order valence-corrected chi connectivity index (χ4v) is 2.13. The van der Waals surface area contributed by atoms with E-state index in [-0.39, 0.29) is 13.1 Å². The molecule has 0 radical (unpaired) electrons. The van der Waals surface area contributed by atoms with Crippen LogP contribution in [0.4, 0.5) is 4.79 Å². The molecule has 1 aliphatic rings. The summed E-state index contributed by atoms with van der Waals surface area (Å²) in [7, 11) is 1.25. The maximum atomic E-state index is 12.0. The van der Waals surface area contributed by atoms with E-state index in [0.29, 0.717) is 32.6 Å². The lowest BCUT2D eigenvalue weighted by atomic mass is 9.80. The van der Waals surface area contributed by atoms with E-state index in [0.717, 1.165) is 0 Å². The van der Waals surface area contributed by atoms with Gasteiger partial charge in [0.2, 0.25) is 0 Å². The first-order chi connectivity index (χ1) is 9.95. The highest BCUT2D eigenvalue weighted by molar-refractivity contribution is 5.82. The number of ether oxygens (including phenoxy) is 2. The zero-order valence-electron chi connectivity index (χ0n) is 12.4. The minimum atomic E-state index is -1.00. The van der Waals surface area contributed by atoms with Gasteiger partial charge in [0.05, 0.1) is 12.5 Å². The number of hydrogen-bond acceptors (Lipinski definition) is 5. The number of likely N-dealkylation sites (N-methyl/N-ethyl adjacent to an activating group) is 1. The average molecular weight is 302 g/mol.